The van der Waals surface area contributed by atoms with E-state index in [1.165, 1.54) is 0 Å². The van der Waals surface area contributed by atoms with Crippen molar-refractivity contribution >= 4 is 11.9 Å². The summed E-state index contributed by atoms with van der Waals surface area (Å²) in [7, 11) is 0. The average Bonchev–Trinajstić information content (AvgIpc) is 3.01. The topological polar surface area (TPSA) is 93.5 Å². The van der Waals surface area contributed by atoms with Crippen LogP contribution in [0.5, 0.6) is 5.75 Å². The summed E-state index contributed by atoms with van der Waals surface area (Å²) in [5.74, 6) is -0.853. The number of aliphatic carboxylic acids is 1. The molecule has 0 unspecified atom stereocenters. The Bertz CT molecular complexity index is 694. The fourth-order valence-corrected chi connectivity index (χ4v) is 1.91. The molecule has 0 saturated carbocycles. The Kier molecular flexibility index (Phi) is 5.35. The molecular formula is C16H19N3O4. The van der Waals surface area contributed by atoms with E-state index in [9.17, 15) is 9.59 Å². The van der Waals surface area contributed by atoms with E-state index in [2.05, 4.69) is 10.4 Å². The van der Waals surface area contributed by atoms with E-state index < -0.39 is 12.6 Å². The predicted octanol–water partition coefficient (Wildman–Crippen LogP) is 1.86. The molecule has 0 saturated heterocycles. The zero-order valence-corrected chi connectivity index (χ0v) is 13.0. The molecule has 0 aliphatic rings. The van der Waals surface area contributed by atoms with Crippen LogP contribution in [-0.2, 0) is 11.3 Å². The van der Waals surface area contributed by atoms with Crippen molar-refractivity contribution in [1.82, 2.24) is 15.1 Å². The number of nitrogens with zero attached hydrogens (tertiary/aromatic N) is 2. The van der Waals surface area contributed by atoms with Crippen LogP contribution in [0.2, 0.25) is 0 Å². The van der Waals surface area contributed by atoms with Crippen molar-refractivity contribution in [2.75, 3.05) is 6.61 Å². The Morgan fingerprint density at radius 3 is 2.78 bits per heavy atom. The standard InChI is InChI=1S/C16H19N3O4/c1-11(2)19-7-6-14(18-19)16(22)17-9-12-4-3-5-13(8-12)23-10-15(20)21/h3-8,11H,9-10H2,1-2H3,(H,17,22)(H,20,21). The van der Waals surface area contributed by atoms with Crippen molar-refractivity contribution in [3.05, 3.63) is 47.8 Å². The summed E-state index contributed by atoms with van der Waals surface area (Å²) >= 11 is 0. The largest absolute Gasteiger partial charge is 0.482 e. The van der Waals surface area contributed by atoms with Gasteiger partial charge in [-0.2, -0.15) is 5.10 Å². The highest BCUT2D eigenvalue weighted by Crippen LogP contribution is 2.13. The summed E-state index contributed by atoms with van der Waals surface area (Å²) in [5, 5.41) is 15.6. The summed E-state index contributed by atoms with van der Waals surface area (Å²) in [6.07, 6.45) is 1.76. The average molecular weight is 317 g/mol. The third kappa shape index (κ3) is 4.84. The van der Waals surface area contributed by atoms with E-state index >= 15 is 0 Å². The number of ether oxygens (including phenoxy) is 1. The van der Waals surface area contributed by atoms with Crippen LogP contribution in [0.4, 0.5) is 0 Å². The third-order valence-electron chi connectivity index (χ3n) is 3.08. The zero-order valence-electron chi connectivity index (χ0n) is 13.0. The first-order valence-electron chi connectivity index (χ1n) is 7.22. The van der Waals surface area contributed by atoms with Crippen molar-refractivity contribution in [2.45, 2.75) is 26.4 Å². The number of benzene rings is 1. The summed E-state index contributed by atoms with van der Waals surface area (Å²) in [6, 6.07) is 8.78. The molecule has 1 amide bonds. The van der Waals surface area contributed by atoms with E-state index in [0.29, 0.717) is 18.0 Å². The molecule has 0 aliphatic heterocycles. The Morgan fingerprint density at radius 2 is 2.13 bits per heavy atom. The minimum Gasteiger partial charge on any atom is -0.482 e. The van der Waals surface area contributed by atoms with Crippen LogP contribution in [0.1, 0.15) is 35.9 Å². The van der Waals surface area contributed by atoms with Gasteiger partial charge in [0.2, 0.25) is 0 Å². The molecule has 0 radical (unpaired) electrons. The maximum atomic E-state index is 12.1. The number of aromatic nitrogens is 2. The van der Waals surface area contributed by atoms with Crippen LogP contribution in [-0.4, -0.2) is 33.4 Å². The summed E-state index contributed by atoms with van der Waals surface area (Å²) in [6.45, 7) is 3.87. The lowest BCUT2D eigenvalue weighted by Crippen LogP contribution is -2.23. The second-order valence-electron chi connectivity index (χ2n) is 5.29. The zero-order chi connectivity index (χ0) is 16.8. The number of carboxylic acids is 1. The molecule has 2 N–H and O–H groups in total. The molecule has 0 bridgehead atoms. The van der Waals surface area contributed by atoms with Gasteiger partial charge in [-0.1, -0.05) is 12.1 Å². The minimum absolute atomic E-state index is 0.194. The van der Waals surface area contributed by atoms with E-state index in [1.807, 2.05) is 19.9 Å². The number of carbonyl (C=O) groups excluding carboxylic acids is 1. The van der Waals surface area contributed by atoms with Crippen LogP contribution in [0.15, 0.2) is 36.5 Å². The van der Waals surface area contributed by atoms with Gasteiger partial charge in [0, 0.05) is 18.8 Å². The molecule has 2 rings (SSSR count). The SMILES string of the molecule is CC(C)n1ccc(C(=O)NCc2cccc(OCC(=O)O)c2)n1. The highest BCUT2D eigenvalue weighted by Gasteiger charge is 2.10. The first-order chi connectivity index (χ1) is 11.0. The van der Waals surface area contributed by atoms with E-state index in [-0.39, 0.29) is 11.9 Å². The Labute approximate surface area is 133 Å². The number of amides is 1. The molecule has 1 aromatic heterocycles. The van der Waals surface area contributed by atoms with Crippen LogP contribution in [0.25, 0.3) is 0 Å². The lowest BCUT2D eigenvalue weighted by atomic mass is 10.2. The highest BCUT2D eigenvalue weighted by molar-refractivity contribution is 5.92. The number of carboxylic acid groups (broad SMARTS) is 1. The quantitative estimate of drug-likeness (QED) is 0.813. The van der Waals surface area contributed by atoms with Gasteiger partial charge in [-0.15, -0.1) is 0 Å². The highest BCUT2D eigenvalue weighted by atomic mass is 16.5. The molecule has 1 aromatic carbocycles. The van der Waals surface area contributed by atoms with Crippen LogP contribution >= 0.6 is 0 Å². The monoisotopic (exact) mass is 317 g/mol. The second-order valence-corrected chi connectivity index (χ2v) is 5.29. The van der Waals surface area contributed by atoms with E-state index in [0.717, 1.165) is 5.56 Å². The van der Waals surface area contributed by atoms with Crippen LogP contribution in [0, 0.1) is 0 Å². The number of rotatable bonds is 7. The fraction of sp³-hybridized carbons (Fsp3) is 0.312. The molecule has 122 valence electrons. The normalized spacial score (nSPS) is 10.6. The van der Waals surface area contributed by atoms with Crippen molar-refractivity contribution < 1.29 is 19.4 Å². The predicted molar refractivity (Wildman–Crippen MR) is 83.4 cm³/mol. The maximum absolute atomic E-state index is 12.1. The first-order valence-corrected chi connectivity index (χ1v) is 7.22. The fourth-order valence-electron chi connectivity index (χ4n) is 1.91. The number of hydrogen-bond acceptors (Lipinski definition) is 4. The van der Waals surface area contributed by atoms with E-state index in [4.69, 9.17) is 9.84 Å². The van der Waals surface area contributed by atoms with Crippen molar-refractivity contribution in [2.24, 2.45) is 0 Å². The van der Waals surface area contributed by atoms with Crippen molar-refractivity contribution in [3.63, 3.8) is 0 Å². The Balaban J connectivity index is 1.93. The van der Waals surface area contributed by atoms with E-state index in [1.54, 1.807) is 35.1 Å². The van der Waals surface area contributed by atoms with Gasteiger partial charge in [0.1, 0.15) is 11.4 Å². The molecule has 23 heavy (non-hydrogen) atoms. The van der Waals surface area contributed by atoms with Gasteiger partial charge in [-0.25, -0.2) is 4.79 Å². The lowest BCUT2D eigenvalue weighted by Gasteiger charge is -2.07. The second kappa shape index (κ2) is 7.44. The van der Waals surface area contributed by atoms with Gasteiger partial charge in [0.25, 0.3) is 5.91 Å². The lowest BCUT2D eigenvalue weighted by molar-refractivity contribution is -0.139. The van der Waals surface area contributed by atoms with Gasteiger partial charge in [0.15, 0.2) is 6.61 Å². The number of carbonyl (C=O) groups is 2. The van der Waals surface area contributed by atoms with Gasteiger partial charge < -0.3 is 15.2 Å². The Hall–Kier alpha value is -2.83. The molecule has 2 aromatic rings. The van der Waals surface area contributed by atoms with Crippen LogP contribution < -0.4 is 10.1 Å². The van der Waals surface area contributed by atoms with Crippen molar-refractivity contribution in [1.29, 1.82) is 0 Å². The summed E-state index contributed by atoms with van der Waals surface area (Å²) in [5.41, 5.74) is 1.17. The number of hydrogen-bond donors (Lipinski definition) is 2. The minimum atomic E-state index is -1.04. The molecule has 7 heteroatoms. The molecule has 7 nitrogen and oxygen atoms in total. The summed E-state index contributed by atoms with van der Waals surface area (Å²) < 4.78 is 6.82. The molecular weight excluding hydrogens is 298 g/mol. The van der Waals surface area contributed by atoms with Gasteiger partial charge in [0.05, 0.1) is 0 Å². The van der Waals surface area contributed by atoms with Crippen molar-refractivity contribution in [3.8, 4) is 5.75 Å². The first kappa shape index (κ1) is 16.5. The molecule has 1 heterocycles. The molecule has 0 aliphatic carbocycles. The Morgan fingerprint density at radius 1 is 1.35 bits per heavy atom. The third-order valence-corrected chi connectivity index (χ3v) is 3.08. The van der Waals surface area contributed by atoms with Crippen LogP contribution in [0.3, 0.4) is 0 Å². The number of nitrogens with one attached hydrogen (secondary N) is 1. The van der Waals surface area contributed by atoms with Gasteiger partial charge in [-0.05, 0) is 37.6 Å². The van der Waals surface area contributed by atoms with Gasteiger partial charge >= 0.3 is 5.97 Å². The summed E-state index contributed by atoms with van der Waals surface area (Å²) in [4.78, 5) is 22.5. The smallest absolute Gasteiger partial charge is 0.341 e. The van der Waals surface area contributed by atoms with Gasteiger partial charge in [-0.3, -0.25) is 9.48 Å². The maximum Gasteiger partial charge on any atom is 0.341 e. The molecule has 0 atom stereocenters. The molecule has 0 spiro atoms. The molecule has 0 fully saturated rings.